The Hall–Kier alpha value is -3.21. The molecule has 1 N–H and O–H groups in total. The second-order valence-corrected chi connectivity index (χ2v) is 8.37. The Kier molecular flexibility index (Phi) is 5.77. The molecule has 8 heteroatoms. The third-order valence-electron chi connectivity index (χ3n) is 6.21. The standard InChI is InChI=1S/C23H26N4O4/c1-3-4-10-23(25-26-23)11-7-20(28)27-12-8-16(9-13-27)21(29)17-5-6-19-18(14-17)24-22(30)15(2)31-19/h1,5-6,14-16H,4,7-13H2,2H3,(H,24,30). The van der Waals surface area contributed by atoms with Gasteiger partial charge < -0.3 is 15.0 Å². The minimum atomic E-state index is -0.551. The number of fused-ring (bicyclic) bond motifs is 1. The zero-order chi connectivity index (χ0) is 22.0. The lowest BCUT2D eigenvalue weighted by Gasteiger charge is -2.32. The van der Waals surface area contributed by atoms with Gasteiger partial charge >= 0.3 is 0 Å². The van der Waals surface area contributed by atoms with Crippen LogP contribution in [0.5, 0.6) is 5.75 Å². The van der Waals surface area contributed by atoms with E-state index in [2.05, 4.69) is 21.5 Å². The number of likely N-dealkylation sites (tertiary alicyclic amines) is 1. The van der Waals surface area contributed by atoms with Crippen LogP contribution in [0.2, 0.25) is 0 Å². The molecule has 0 radical (unpaired) electrons. The second-order valence-electron chi connectivity index (χ2n) is 8.37. The lowest BCUT2D eigenvalue weighted by atomic mass is 9.88. The molecule has 0 spiro atoms. The number of carbonyl (C=O) groups is 3. The van der Waals surface area contributed by atoms with Crippen molar-refractivity contribution in [3.8, 4) is 18.1 Å². The first-order chi connectivity index (χ1) is 14.9. The largest absolute Gasteiger partial charge is 0.479 e. The molecule has 3 heterocycles. The summed E-state index contributed by atoms with van der Waals surface area (Å²) in [5, 5.41) is 10.9. The van der Waals surface area contributed by atoms with Crippen LogP contribution in [-0.2, 0) is 9.59 Å². The molecule has 4 rings (SSSR count). The van der Waals surface area contributed by atoms with Crippen molar-refractivity contribution in [2.45, 2.75) is 57.2 Å². The van der Waals surface area contributed by atoms with E-state index >= 15 is 0 Å². The summed E-state index contributed by atoms with van der Waals surface area (Å²) in [6, 6.07) is 5.14. The Morgan fingerprint density at radius 1 is 1.29 bits per heavy atom. The van der Waals surface area contributed by atoms with E-state index < -0.39 is 11.8 Å². The monoisotopic (exact) mass is 422 g/mol. The van der Waals surface area contributed by atoms with Crippen LogP contribution in [0.1, 0.15) is 55.8 Å². The summed E-state index contributed by atoms with van der Waals surface area (Å²) in [6.07, 6.45) is 8.27. The predicted octanol–water partition coefficient (Wildman–Crippen LogP) is 3.18. The van der Waals surface area contributed by atoms with Crippen molar-refractivity contribution in [3.63, 3.8) is 0 Å². The number of hydrogen-bond acceptors (Lipinski definition) is 6. The Bertz CT molecular complexity index is 966. The highest BCUT2D eigenvalue weighted by Crippen LogP contribution is 2.38. The molecule has 2 amide bonds. The smallest absolute Gasteiger partial charge is 0.265 e. The minimum absolute atomic E-state index is 0.0339. The van der Waals surface area contributed by atoms with Gasteiger partial charge in [-0.15, -0.1) is 12.3 Å². The van der Waals surface area contributed by atoms with Gasteiger partial charge in [-0.25, -0.2) is 0 Å². The van der Waals surface area contributed by atoms with Crippen LogP contribution in [0.4, 0.5) is 5.69 Å². The fourth-order valence-electron chi connectivity index (χ4n) is 4.12. The molecule has 31 heavy (non-hydrogen) atoms. The van der Waals surface area contributed by atoms with E-state index in [0.29, 0.717) is 68.6 Å². The molecule has 1 atom stereocenters. The number of terminal acetylenes is 1. The topological polar surface area (TPSA) is 100 Å². The van der Waals surface area contributed by atoms with Crippen molar-refractivity contribution in [1.82, 2.24) is 4.90 Å². The molecular weight excluding hydrogens is 396 g/mol. The van der Waals surface area contributed by atoms with Crippen molar-refractivity contribution in [1.29, 1.82) is 0 Å². The number of benzene rings is 1. The normalized spacial score (nSPS) is 21.5. The molecule has 0 bridgehead atoms. The first-order valence-electron chi connectivity index (χ1n) is 10.7. The molecule has 3 aliphatic rings. The lowest BCUT2D eigenvalue weighted by Crippen LogP contribution is -2.40. The number of nitrogens with zero attached hydrogens (tertiary/aromatic N) is 3. The molecular formula is C23H26N4O4. The first-order valence-corrected chi connectivity index (χ1v) is 10.7. The second kappa shape index (κ2) is 8.50. The minimum Gasteiger partial charge on any atom is -0.479 e. The summed E-state index contributed by atoms with van der Waals surface area (Å²) in [6.45, 7) is 2.80. The molecule has 1 unspecified atom stereocenters. The fourth-order valence-corrected chi connectivity index (χ4v) is 4.12. The van der Waals surface area contributed by atoms with Crippen LogP contribution in [0.25, 0.3) is 0 Å². The number of Topliss-reactive ketones (excluding diaryl/α,β-unsaturated/α-hetero) is 1. The average Bonchev–Trinajstić information content (AvgIpc) is 3.56. The lowest BCUT2D eigenvalue weighted by molar-refractivity contribution is -0.132. The number of piperidine rings is 1. The molecule has 0 aliphatic carbocycles. The summed E-state index contributed by atoms with van der Waals surface area (Å²) in [5.74, 6) is 2.90. The van der Waals surface area contributed by atoms with Crippen LogP contribution in [-0.4, -0.2) is 47.4 Å². The molecule has 1 fully saturated rings. The number of nitrogens with one attached hydrogen (secondary N) is 1. The van der Waals surface area contributed by atoms with Crippen LogP contribution in [0, 0.1) is 18.3 Å². The van der Waals surface area contributed by atoms with E-state index in [4.69, 9.17) is 11.2 Å². The highest BCUT2D eigenvalue weighted by atomic mass is 16.5. The van der Waals surface area contributed by atoms with Gasteiger partial charge in [0.15, 0.2) is 17.6 Å². The van der Waals surface area contributed by atoms with Crippen molar-refractivity contribution in [3.05, 3.63) is 23.8 Å². The SMILES string of the molecule is C#CCCC1(CCC(=O)N2CCC(C(=O)c3ccc4c(c3)NC(=O)C(C)O4)CC2)N=N1. The predicted molar refractivity (Wildman–Crippen MR) is 114 cm³/mol. The zero-order valence-electron chi connectivity index (χ0n) is 17.6. The van der Waals surface area contributed by atoms with E-state index in [9.17, 15) is 14.4 Å². The highest BCUT2D eigenvalue weighted by Gasteiger charge is 2.40. The molecule has 1 aromatic carbocycles. The van der Waals surface area contributed by atoms with Gasteiger partial charge in [-0.3, -0.25) is 14.4 Å². The third kappa shape index (κ3) is 4.61. The Labute approximate surface area is 181 Å². The van der Waals surface area contributed by atoms with Gasteiger partial charge in [-0.2, -0.15) is 10.2 Å². The van der Waals surface area contributed by atoms with E-state index in [-0.39, 0.29) is 23.5 Å². The summed E-state index contributed by atoms with van der Waals surface area (Å²) < 4.78 is 5.55. The van der Waals surface area contributed by atoms with Crippen molar-refractivity contribution >= 4 is 23.3 Å². The van der Waals surface area contributed by atoms with Gasteiger partial charge in [0.1, 0.15) is 5.75 Å². The van der Waals surface area contributed by atoms with Gasteiger partial charge in [0.05, 0.1) is 5.69 Å². The number of hydrogen-bond donors (Lipinski definition) is 1. The fraction of sp³-hybridized carbons (Fsp3) is 0.522. The van der Waals surface area contributed by atoms with Crippen molar-refractivity contribution in [2.75, 3.05) is 18.4 Å². The first kappa shape index (κ1) is 21.0. The highest BCUT2D eigenvalue weighted by molar-refractivity contribution is 6.02. The van der Waals surface area contributed by atoms with E-state index in [1.807, 2.05) is 4.90 Å². The van der Waals surface area contributed by atoms with Crippen LogP contribution >= 0.6 is 0 Å². The number of amides is 2. The molecule has 0 aromatic heterocycles. The molecule has 1 saturated heterocycles. The van der Waals surface area contributed by atoms with Crippen LogP contribution in [0.3, 0.4) is 0 Å². The van der Waals surface area contributed by atoms with Gasteiger partial charge in [-0.05, 0) is 38.0 Å². The number of rotatable bonds is 7. The molecule has 0 saturated carbocycles. The molecule has 3 aliphatic heterocycles. The Morgan fingerprint density at radius 2 is 2.03 bits per heavy atom. The quantitative estimate of drug-likeness (QED) is 0.539. The number of ketones is 1. The van der Waals surface area contributed by atoms with Crippen molar-refractivity contribution in [2.24, 2.45) is 16.1 Å². The third-order valence-corrected chi connectivity index (χ3v) is 6.21. The Balaban J connectivity index is 1.28. The number of ether oxygens (including phenoxy) is 1. The van der Waals surface area contributed by atoms with E-state index in [1.165, 1.54) is 0 Å². The molecule has 162 valence electrons. The number of carbonyl (C=O) groups excluding carboxylic acids is 3. The summed E-state index contributed by atoms with van der Waals surface area (Å²) in [5.41, 5.74) is 0.630. The van der Waals surface area contributed by atoms with Crippen LogP contribution in [0.15, 0.2) is 28.4 Å². The van der Waals surface area contributed by atoms with Gasteiger partial charge in [0.25, 0.3) is 5.91 Å². The summed E-state index contributed by atoms with van der Waals surface area (Å²) >= 11 is 0. The van der Waals surface area contributed by atoms with Crippen molar-refractivity contribution < 1.29 is 19.1 Å². The summed E-state index contributed by atoms with van der Waals surface area (Å²) in [4.78, 5) is 39.2. The van der Waals surface area contributed by atoms with Gasteiger partial charge in [-0.1, -0.05) is 0 Å². The maximum atomic E-state index is 13.0. The maximum absolute atomic E-state index is 13.0. The summed E-state index contributed by atoms with van der Waals surface area (Å²) in [7, 11) is 0. The van der Waals surface area contributed by atoms with E-state index in [0.717, 1.165) is 0 Å². The van der Waals surface area contributed by atoms with Gasteiger partial charge in [0.2, 0.25) is 5.91 Å². The maximum Gasteiger partial charge on any atom is 0.265 e. The number of anilines is 1. The zero-order valence-corrected chi connectivity index (χ0v) is 17.6. The molecule has 1 aromatic rings. The van der Waals surface area contributed by atoms with E-state index in [1.54, 1.807) is 25.1 Å². The molecule has 8 nitrogen and oxygen atoms in total. The van der Waals surface area contributed by atoms with Gasteiger partial charge in [0, 0.05) is 50.3 Å². The average molecular weight is 422 g/mol. The van der Waals surface area contributed by atoms with Crippen LogP contribution < -0.4 is 10.1 Å². The Morgan fingerprint density at radius 3 is 2.71 bits per heavy atom.